The summed E-state index contributed by atoms with van der Waals surface area (Å²) in [4.78, 5) is 28.7. The minimum atomic E-state index is -0.114. The van der Waals surface area contributed by atoms with E-state index in [1.54, 1.807) is 19.1 Å². The van der Waals surface area contributed by atoms with Crippen LogP contribution in [0.2, 0.25) is 0 Å². The Morgan fingerprint density at radius 3 is 2.57 bits per heavy atom. The molecule has 1 aliphatic heterocycles. The molecule has 0 saturated carbocycles. The van der Waals surface area contributed by atoms with Gasteiger partial charge in [0.1, 0.15) is 0 Å². The van der Waals surface area contributed by atoms with Crippen LogP contribution >= 0.6 is 0 Å². The number of carbonyl (C=O) groups is 2. The van der Waals surface area contributed by atoms with Gasteiger partial charge < -0.3 is 19.7 Å². The number of rotatable bonds is 9. The number of amides is 2. The van der Waals surface area contributed by atoms with Gasteiger partial charge in [0, 0.05) is 19.5 Å². The van der Waals surface area contributed by atoms with Gasteiger partial charge >= 0.3 is 0 Å². The molecule has 1 saturated heterocycles. The smallest absolute Gasteiger partial charge is 0.238 e. The molecule has 1 N–H and O–H groups in total. The van der Waals surface area contributed by atoms with Gasteiger partial charge in [0.2, 0.25) is 11.8 Å². The highest BCUT2D eigenvalue weighted by Crippen LogP contribution is 2.30. The lowest BCUT2D eigenvalue weighted by Crippen LogP contribution is -2.33. The van der Waals surface area contributed by atoms with E-state index in [0.717, 1.165) is 17.7 Å². The largest absolute Gasteiger partial charge is 0.493 e. The van der Waals surface area contributed by atoms with Gasteiger partial charge in [0.25, 0.3) is 0 Å². The average Bonchev–Trinajstić information content (AvgIpc) is 3.19. The zero-order valence-corrected chi connectivity index (χ0v) is 17.8. The van der Waals surface area contributed by atoms with Crippen LogP contribution in [-0.2, 0) is 16.1 Å². The Morgan fingerprint density at radius 1 is 1.13 bits per heavy atom. The molecule has 7 heteroatoms. The summed E-state index contributed by atoms with van der Waals surface area (Å²) >= 11 is 0. The van der Waals surface area contributed by atoms with Crippen molar-refractivity contribution in [3.8, 4) is 11.5 Å². The quantitative estimate of drug-likeness (QED) is 0.686. The maximum Gasteiger partial charge on any atom is 0.238 e. The maximum absolute atomic E-state index is 12.7. The molecule has 0 spiro atoms. The van der Waals surface area contributed by atoms with Crippen molar-refractivity contribution in [2.45, 2.75) is 26.3 Å². The van der Waals surface area contributed by atoms with Crippen LogP contribution in [0, 0.1) is 0 Å². The van der Waals surface area contributed by atoms with E-state index in [2.05, 4.69) is 5.32 Å². The van der Waals surface area contributed by atoms with E-state index in [4.69, 9.17) is 9.47 Å². The summed E-state index contributed by atoms with van der Waals surface area (Å²) < 4.78 is 10.7. The molecule has 30 heavy (non-hydrogen) atoms. The first-order chi connectivity index (χ1) is 14.5. The molecule has 0 atom stereocenters. The second-order valence-electron chi connectivity index (χ2n) is 7.21. The fraction of sp³-hybridized carbons (Fsp3) is 0.391. The predicted molar refractivity (Wildman–Crippen MR) is 117 cm³/mol. The Kier molecular flexibility index (Phi) is 7.30. The van der Waals surface area contributed by atoms with Gasteiger partial charge in [-0.3, -0.25) is 14.5 Å². The van der Waals surface area contributed by atoms with Gasteiger partial charge in [-0.2, -0.15) is 0 Å². The number of nitrogens with one attached hydrogen (secondary N) is 1. The number of hydrogen-bond acceptors (Lipinski definition) is 5. The third kappa shape index (κ3) is 5.10. The highest BCUT2D eigenvalue weighted by atomic mass is 16.5. The van der Waals surface area contributed by atoms with Crippen molar-refractivity contribution < 1.29 is 19.1 Å². The monoisotopic (exact) mass is 411 g/mol. The maximum atomic E-state index is 12.7. The Bertz CT molecular complexity index is 900. The van der Waals surface area contributed by atoms with Gasteiger partial charge in [0.05, 0.1) is 32.1 Å². The normalized spacial score (nSPS) is 13.6. The highest BCUT2D eigenvalue weighted by molar-refractivity contribution is 6.02. The lowest BCUT2D eigenvalue weighted by atomic mass is 10.2. The summed E-state index contributed by atoms with van der Waals surface area (Å²) in [6.45, 7) is 4.27. The SMILES string of the molecule is CCN(CC(=O)Nc1ccccc1N1CCCC1=O)Cc1ccc(OC)c(OC)c1. The van der Waals surface area contributed by atoms with Crippen molar-refractivity contribution >= 4 is 23.2 Å². The van der Waals surface area contributed by atoms with Gasteiger partial charge in [-0.1, -0.05) is 25.1 Å². The molecule has 0 aromatic heterocycles. The van der Waals surface area contributed by atoms with Crippen LogP contribution in [0.5, 0.6) is 11.5 Å². The number of methoxy groups -OCH3 is 2. The molecule has 2 amide bonds. The second-order valence-corrected chi connectivity index (χ2v) is 7.21. The molecule has 7 nitrogen and oxygen atoms in total. The molecular formula is C23H29N3O4. The van der Waals surface area contributed by atoms with E-state index in [9.17, 15) is 9.59 Å². The third-order valence-corrected chi connectivity index (χ3v) is 5.21. The number of benzene rings is 2. The number of ether oxygens (including phenoxy) is 2. The van der Waals surface area contributed by atoms with Crippen molar-refractivity contribution in [2.75, 3.05) is 44.1 Å². The number of carbonyl (C=O) groups excluding carboxylic acids is 2. The Hall–Kier alpha value is -3.06. The van der Waals surface area contributed by atoms with Crippen LogP contribution in [0.15, 0.2) is 42.5 Å². The molecule has 1 aliphatic rings. The molecule has 2 aromatic carbocycles. The predicted octanol–water partition coefficient (Wildman–Crippen LogP) is 3.29. The summed E-state index contributed by atoms with van der Waals surface area (Å²) in [6.07, 6.45) is 1.40. The highest BCUT2D eigenvalue weighted by Gasteiger charge is 2.24. The van der Waals surface area contributed by atoms with E-state index in [-0.39, 0.29) is 18.4 Å². The van der Waals surface area contributed by atoms with E-state index >= 15 is 0 Å². The lowest BCUT2D eigenvalue weighted by Gasteiger charge is -2.23. The van der Waals surface area contributed by atoms with Gasteiger partial charge in [-0.15, -0.1) is 0 Å². The van der Waals surface area contributed by atoms with Crippen LogP contribution in [0.25, 0.3) is 0 Å². The number of likely N-dealkylation sites (N-methyl/N-ethyl adjacent to an activating group) is 1. The van der Waals surface area contributed by atoms with Crippen molar-refractivity contribution in [1.82, 2.24) is 4.90 Å². The van der Waals surface area contributed by atoms with Crippen molar-refractivity contribution in [2.24, 2.45) is 0 Å². The minimum Gasteiger partial charge on any atom is -0.493 e. The van der Waals surface area contributed by atoms with E-state index < -0.39 is 0 Å². The third-order valence-electron chi connectivity index (χ3n) is 5.21. The van der Waals surface area contributed by atoms with Crippen LogP contribution < -0.4 is 19.7 Å². The molecular weight excluding hydrogens is 382 g/mol. The minimum absolute atomic E-state index is 0.0975. The average molecular weight is 412 g/mol. The zero-order chi connectivity index (χ0) is 21.5. The summed E-state index contributed by atoms with van der Waals surface area (Å²) in [5.74, 6) is 1.33. The van der Waals surface area contributed by atoms with Crippen LogP contribution in [0.1, 0.15) is 25.3 Å². The number of hydrogen-bond donors (Lipinski definition) is 1. The lowest BCUT2D eigenvalue weighted by molar-refractivity contribution is -0.118. The van der Waals surface area contributed by atoms with Gasteiger partial charge in [-0.05, 0) is 42.8 Å². The molecule has 3 rings (SSSR count). The van der Waals surface area contributed by atoms with E-state index in [1.807, 2.05) is 54.3 Å². The van der Waals surface area contributed by atoms with E-state index in [1.165, 1.54) is 0 Å². The first-order valence-corrected chi connectivity index (χ1v) is 10.2. The summed E-state index contributed by atoms with van der Waals surface area (Å²) in [6, 6.07) is 13.2. The second kappa shape index (κ2) is 10.1. The number of nitrogens with zero attached hydrogens (tertiary/aromatic N) is 2. The first-order valence-electron chi connectivity index (χ1n) is 10.2. The standard InChI is InChI=1S/C23H29N3O4/c1-4-25(15-17-11-12-20(29-2)21(14-17)30-3)16-22(27)24-18-8-5-6-9-19(18)26-13-7-10-23(26)28/h5-6,8-9,11-12,14H,4,7,10,13,15-16H2,1-3H3,(H,24,27). The van der Waals surface area contributed by atoms with Crippen LogP contribution in [0.4, 0.5) is 11.4 Å². The van der Waals surface area contributed by atoms with Crippen molar-refractivity contribution in [3.63, 3.8) is 0 Å². The summed E-state index contributed by atoms with van der Waals surface area (Å²) in [5.41, 5.74) is 2.46. The van der Waals surface area contributed by atoms with Crippen molar-refractivity contribution in [1.29, 1.82) is 0 Å². The fourth-order valence-corrected chi connectivity index (χ4v) is 3.63. The molecule has 0 bridgehead atoms. The number of anilines is 2. The first kappa shape index (κ1) is 21.6. The summed E-state index contributed by atoms with van der Waals surface area (Å²) in [7, 11) is 3.21. The van der Waals surface area contributed by atoms with Crippen LogP contribution in [0.3, 0.4) is 0 Å². The Balaban J connectivity index is 1.66. The molecule has 0 unspecified atom stereocenters. The molecule has 2 aromatic rings. The molecule has 160 valence electrons. The van der Waals surface area contributed by atoms with Gasteiger partial charge in [0.15, 0.2) is 11.5 Å². The molecule has 0 radical (unpaired) electrons. The molecule has 0 aliphatic carbocycles. The topological polar surface area (TPSA) is 71.1 Å². The fourth-order valence-electron chi connectivity index (χ4n) is 3.63. The van der Waals surface area contributed by atoms with Crippen molar-refractivity contribution in [3.05, 3.63) is 48.0 Å². The number of para-hydroxylation sites is 2. The molecule has 1 fully saturated rings. The van der Waals surface area contributed by atoms with Gasteiger partial charge in [-0.25, -0.2) is 0 Å². The zero-order valence-electron chi connectivity index (χ0n) is 17.8. The van der Waals surface area contributed by atoms with Crippen LogP contribution in [-0.4, -0.2) is 50.6 Å². The summed E-state index contributed by atoms with van der Waals surface area (Å²) in [5, 5.41) is 2.98. The molecule has 1 heterocycles. The van der Waals surface area contributed by atoms with E-state index in [0.29, 0.717) is 43.2 Å². The Labute approximate surface area is 177 Å². The Morgan fingerprint density at radius 2 is 1.90 bits per heavy atom.